The van der Waals surface area contributed by atoms with E-state index in [-0.39, 0.29) is 0 Å². The largest absolute Gasteiger partial charge is 0.396 e. The van der Waals surface area contributed by atoms with Crippen LogP contribution in [0.5, 0.6) is 0 Å². The number of fused-ring (bicyclic) bond motifs is 1. The van der Waals surface area contributed by atoms with Gasteiger partial charge >= 0.3 is 0 Å². The number of nitrogens with two attached hydrogens (primary N) is 2. The molecule has 25 heavy (non-hydrogen) atoms. The first kappa shape index (κ1) is 22.5. The van der Waals surface area contributed by atoms with Crippen molar-refractivity contribution >= 4 is 11.4 Å². The second kappa shape index (κ2) is 11.2. The Balaban J connectivity index is 0.00000134. The average Bonchev–Trinajstić information content (AvgIpc) is 2.64. The van der Waals surface area contributed by atoms with Crippen molar-refractivity contribution in [2.45, 2.75) is 27.7 Å². The van der Waals surface area contributed by atoms with Gasteiger partial charge in [0.1, 0.15) is 0 Å². The number of anilines is 1. The molecule has 4 N–H and O–H groups in total. The van der Waals surface area contributed by atoms with Crippen molar-refractivity contribution < 1.29 is 0 Å². The lowest BCUT2D eigenvalue weighted by atomic mass is 9.96. The van der Waals surface area contributed by atoms with Crippen molar-refractivity contribution in [1.82, 2.24) is 5.01 Å². The van der Waals surface area contributed by atoms with Gasteiger partial charge in [-0.3, -0.25) is 0 Å². The molecule has 0 bridgehead atoms. The third kappa shape index (κ3) is 5.00. The second-order valence-electron chi connectivity index (χ2n) is 5.09. The molecule has 1 aromatic rings. The van der Waals surface area contributed by atoms with E-state index in [9.17, 15) is 0 Å². The van der Waals surface area contributed by atoms with Crippen LogP contribution in [-0.4, -0.2) is 25.6 Å². The minimum Gasteiger partial charge on any atom is -0.396 e. The van der Waals surface area contributed by atoms with E-state index in [1.807, 2.05) is 59.0 Å². The Labute approximate surface area is 153 Å². The Kier molecular flexibility index (Phi) is 10.1. The van der Waals surface area contributed by atoms with Crippen molar-refractivity contribution in [2.75, 3.05) is 25.5 Å². The predicted molar refractivity (Wildman–Crippen MR) is 113 cm³/mol. The van der Waals surface area contributed by atoms with Gasteiger partial charge in [0, 0.05) is 37.5 Å². The van der Waals surface area contributed by atoms with Crippen LogP contribution >= 0.6 is 0 Å². The van der Waals surface area contributed by atoms with Crippen LogP contribution in [0, 0.1) is 0 Å². The number of rotatable bonds is 3. The molecule has 4 heteroatoms. The maximum Gasteiger partial charge on any atom is 0.0843 e. The molecule has 1 heterocycles. The summed E-state index contributed by atoms with van der Waals surface area (Å²) in [5.41, 5.74) is 11.8. The first-order valence-corrected chi connectivity index (χ1v) is 8.78. The number of allylic oxidation sites excluding steroid dienone is 1. The third-order valence-electron chi connectivity index (χ3n) is 3.67. The molecule has 0 radical (unpaired) electrons. The van der Waals surface area contributed by atoms with Crippen LogP contribution in [0.3, 0.4) is 0 Å². The lowest BCUT2D eigenvalue weighted by molar-refractivity contribution is 0.507. The van der Waals surface area contributed by atoms with Gasteiger partial charge in [-0.05, 0) is 11.6 Å². The predicted octanol–water partition coefficient (Wildman–Crippen LogP) is 4.29. The molecule has 138 valence electrons. The minimum absolute atomic E-state index is 0.616. The molecule has 0 amide bonds. The highest BCUT2D eigenvalue weighted by Crippen LogP contribution is 2.34. The van der Waals surface area contributed by atoms with Crippen molar-refractivity contribution in [3.8, 4) is 0 Å². The van der Waals surface area contributed by atoms with Crippen LogP contribution in [0.25, 0.3) is 5.70 Å². The van der Waals surface area contributed by atoms with Gasteiger partial charge in [-0.15, -0.1) is 0 Å². The fourth-order valence-corrected chi connectivity index (χ4v) is 2.67. The number of para-hydroxylation sites is 1. The van der Waals surface area contributed by atoms with E-state index < -0.39 is 0 Å². The van der Waals surface area contributed by atoms with Gasteiger partial charge < -0.3 is 15.6 Å². The summed E-state index contributed by atoms with van der Waals surface area (Å²) in [6, 6.07) is 8.08. The third-order valence-corrected chi connectivity index (χ3v) is 3.67. The van der Waals surface area contributed by atoms with Crippen molar-refractivity contribution in [1.29, 1.82) is 0 Å². The Morgan fingerprint density at radius 1 is 1.08 bits per heavy atom. The topological polar surface area (TPSA) is 58.5 Å². The number of hydrazine groups is 1. The van der Waals surface area contributed by atoms with Crippen molar-refractivity contribution in [3.63, 3.8) is 0 Å². The first-order valence-electron chi connectivity index (χ1n) is 8.78. The summed E-state index contributed by atoms with van der Waals surface area (Å²) in [6.45, 7) is 16.5. The highest BCUT2D eigenvalue weighted by atomic mass is 15.4. The summed E-state index contributed by atoms with van der Waals surface area (Å²) in [5.74, 6) is 6.04. The number of benzene rings is 1. The van der Waals surface area contributed by atoms with E-state index in [1.54, 1.807) is 18.1 Å². The molecular weight excluding hydrogens is 308 g/mol. The standard InChI is InChI=1S/C17H22N4.2C2H6/c1-5-12-11-20(3)15-10-8-7-9-14(15)17(21(4)19)16(18)13(12)6-2;2*1-2/h5-10H,1-2,11,18-19H2,3-4H3;2*1-2H3/b13-12-,17-16-;;. The SMILES string of the molecule is C=C/C1=C(C=C)/C(N)=C(/N(C)N)c2ccccc2N(C)C1.CC.CC. The lowest BCUT2D eigenvalue weighted by Crippen LogP contribution is -2.31. The smallest absolute Gasteiger partial charge is 0.0843 e. The number of hydrogen-bond acceptors (Lipinski definition) is 4. The van der Waals surface area contributed by atoms with Crippen LogP contribution in [-0.2, 0) is 0 Å². The van der Waals surface area contributed by atoms with Crippen LogP contribution in [0.1, 0.15) is 33.3 Å². The van der Waals surface area contributed by atoms with E-state index in [0.717, 1.165) is 28.1 Å². The van der Waals surface area contributed by atoms with E-state index in [4.69, 9.17) is 11.6 Å². The van der Waals surface area contributed by atoms with E-state index in [1.165, 1.54) is 0 Å². The Morgan fingerprint density at radius 2 is 1.64 bits per heavy atom. The molecule has 0 saturated carbocycles. The van der Waals surface area contributed by atoms with Gasteiger partial charge in [-0.1, -0.05) is 71.2 Å². The zero-order valence-corrected chi connectivity index (χ0v) is 16.6. The maximum atomic E-state index is 6.39. The molecule has 0 spiro atoms. The summed E-state index contributed by atoms with van der Waals surface area (Å²) >= 11 is 0. The molecule has 1 aromatic carbocycles. The molecule has 1 aliphatic rings. The highest BCUT2D eigenvalue weighted by Gasteiger charge is 2.21. The minimum atomic E-state index is 0.616. The van der Waals surface area contributed by atoms with Gasteiger partial charge in [-0.25, -0.2) is 5.84 Å². The number of hydrogen-bond donors (Lipinski definition) is 2. The molecule has 1 aliphatic heterocycles. The van der Waals surface area contributed by atoms with Crippen molar-refractivity contribution in [2.24, 2.45) is 11.6 Å². The van der Waals surface area contributed by atoms with Gasteiger partial charge in [0.25, 0.3) is 0 Å². The summed E-state index contributed by atoms with van der Waals surface area (Å²) in [7, 11) is 3.83. The van der Waals surface area contributed by atoms with Gasteiger partial charge in [-0.2, -0.15) is 0 Å². The van der Waals surface area contributed by atoms with Crippen LogP contribution < -0.4 is 16.5 Å². The molecule has 0 aromatic heterocycles. The van der Waals surface area contributed by atoms with Crippen LogP contribution in [0.4, 0.5) is 5.69 Å². The summed E-state index contributed by atoms with van der Waals surface area (Å²) in [5, 5.41) is 1.55. The zero-order chi connectivity index (χ0) is 19.6. The van der Waals surface area contributed by atoms with E-state index in [2.05, 4.69) is 24.1 Å². The monoisotopic (exact) mass is 342 g/mol. The fraction of sp³-hybridized carbons (Fsp3) is 0.333. The molecular formula is C21H34N4. The molecule has 2 rings (SSSR count). The molecule has 0 saturated heterocycles. The number of nitrogens with zero attached hydrogens (tertiary/aromatic N) is 2. The normalized spacial score (nSPS) is 19.1. The molecule has 0 aliphatic carbocycles. The lowest BCUT2D eigenvalue weighted by Gasteiger charge is -2.31. The fourth-order valence-electron chi connectivity index (χ4n) is 2.67. The summed E-state index contributed by atoms with van der Waals surface area (Å²) in [4.78, 5) is 2.16. The molecule has 0 atom stereocenters. The molecule has 0 unspecified atom stereocenters. The zero-order valence-electron chi connectivity index (χ0n) is 16.6. The highest BCUT2D eigenvalue weighted by molar-refractivity contribution is 5.81. The van der Waals surface area contributed by atoms with Crippen molar-refractivity contribution in [3.05, 3.63) is 72.0 Å². The van der Waals surface area contributed by atoms with E-state index >= 15 is 0 Å². The Bertz CT molecular complexity index is 639. The van der Waals surface area contributed by atoms with Gasteiger partial charge in [0.2, 0.25) is 0 Å². The quantitative estimate of drug-likeness (QED) is 0.635. The van der Waals surface area contributed by atoms with Gasteiger partial charge in [0.15, 0.2) is 0 Å². The molecule has 4 nitrogen and oxygen atoms in total. The summed E-state index contributed by atoms with van der Waals surface area (Å²) in [6.07, 6.45) is 3.58. The molecule has 0 fully saturated rings. The maximum absolute atomic E-state index is 6.39. The summed E-state index contributed by atoms with van der Waals surface area (Å²) < 4.78 is 0. The Morgan fingerprint density at radius 3 is 2.12 bits per heavy atom. The van der Waals surface area contributed by atoms with Crippen LogP contribution in [0.2, 0.25) is 0 Å². The van der Waals surface area contributed by atoms with Crippen LogP contribution in [0.15, 0.2) is 66.4 Å². The Hall–Kier alpha value is -2.46. The number of likely N-dealkylation sites (N-methyl/N-ethyl adjacent to an activating group) is 1. The van der Waals surface area contributed by atoms with E-state index in [0.29, 0.717) is 12.2 Å². The average molecular weight is 343 g/mol. The second-order valence-corrected chi connectivity index (χ2v) is 5.09. The van der Waals surface area contributed by atoms with Gasteiger partial charge in [0.05, 0.1) is 11.4 Å². The first-order chi connectivity index (χ1) is 12.0.